The number of nitrogens with one attached hydrogen (secondary N) is 1. The summed E-state index contributed by atoms with van der Waals surface area (Å²) in [5, 5.41) is 11.8. The van der Waals surface area contributed by atoms with Gasteiger partial charge in [-0.3, -0.25) is 9.59 Å². The van der Waals surface area contributed by atoms with Crippen LogP contribution in [0.15, 0.2) is 23.1 Å². The molecule has 0 fully saturated rings. The highest BCUT2D eigenvalue weighted by Gasteiger charge is 2.14. The lowest BCUT2D eigenvalue weighted by atomic mass is 10.1. The van der Waals surface area contributed by atoms with Gasteiger partial charge < -0.3 is 10.4 Å². The molecule has 2 N–H and O–H groups in total. The van der Waals surface area contributed by atoms with E-state index >= 15 is 0 Å². The van der Waals surface area contributed by atoms with Crippen LogP contribution in [0.4, 0.5) is 0 Å². The largest absolute Gasteiger partial charge is 0.481 e. The molecule has 110 valence electrons. The van der Waals surface area contributed by atoms with Gasteiger partial charge in [-0.1, -0.05) is 11.6 Å². The van der Waals surface area contributed by atoms with Gasteiger partial charge in [-0.2, -0.15) is 0 Å². The number of amides is 1. The molecule has 1 unspecified atom stereocenters. The molecule has 0 radical (unpaired) electrons. The first-order chi connectivity index (χ1) is 9.43. The average Bonchev–Trinajstić information content (AvgIpc) is 2.38. The molecule has 0 aromatic heterocycles. The number of rotatable bonds is 7. The van der Waals surface area contributed by atoms with Crippen molar-refractivity contribution in [2.75, 3.05) is 6.26 Å². The molecular weight excluding hydrogens is 298 g/mol. The molecule has 0 saturated carbocycles. The maximum absolute atomic E-state index is 12.1. The Bertz CT molecular complexity index is 493. The topological polar surface area (TPSA) is 66.4 Å². The smallest absolute Gasteiger partial charge is 0.303 e. The Labute approximate surface area is 127 Å². The third-order valence-corrected chi connectivity index (χ3v) is 3.88. The van der Waals surface area contributed by atoms with Crippen molar-refractivity contribution in [3.63, 3.8) is 0 Å². The molecule has 1 amide bonds. The van der Waals surface area contributed by atoms with E-state index < -0.39 is 5.97 Å². The van der Waals surface area contributed by atoms with E-state index in [-0.39, 0.29) is 18.4 Å². The maximum Gasteiger partial charge on any atom is 0.303 e. The molecule has 0 aliphatic carbocycles. The van der Waals surface area contributed by atoms with Gasteiger partial charge in [-0.15, -0.1) is 11.8 Å². The third-order valence-electron chi connectivity index (χ3n) is 2.82. The Morgan fingerprint density at radius 2 is 2.15 bits per heavy atom. The van der Waals surface area contributed by atoms with E-state index in [1.54, 1.807) is 23.9 Å². The summed E-state index contributed by atoms with van der Waals surface area (Å²) in [7, 11) is 0. The molecule has 1 aromatic rings. The summed E-state index contributed by atoms with van der Waals surface area (Å²) >= 11 is 7.57. The molecule has 20 heavy (non-hydrogen) atoms. The van der Waals surface area contributed by atoms with Gasteiger partial charge in [0.1, 0.15) is 0 Å². The SMILES string of the molecule is CSc1ccc(Cl)c(C(=O)NC(C)CCCC(=O)O)c1. The second-order valence-corrected chi connectivity index (χ2v) is 5.79. The molecule has 1 aromatic carbocycles. The van der Waals surface area contributed by atoms with E-state index in [9.17, 15) is 9.59 Å². The van der Waals surface area contributed by atoms with Gasteiger partial charge in [-0.25, -0.2) is 0 Å². The number of hydrogen-bond acceptors (Lipinski definition) is 3. The lowest BCUT2D eigenvalue weighted by Gasteiger charge is -2.14. The van der Waals surface area contributed by atoms with E-state index in [4.69, 9.17) is 16.7 Å². The number of carboxylic acid groups (broad SMARTS) is 1. The molecule has 0 spiro atoms. The molecule has 0 heterocycles. The van der Waals surface area contributed by atoms with Crippen LogP contribution >= 0.6 is 23.4 Å². The van der Waals surface area contributed by atoms with E-state index in [0.29, 0.717) is 23.4 Å². The zero-order valence-electron chi connectivity index (χ0n) is 11.5. The Morgan fingerprint density at radius 1 is 1.45 bits per heavy atom. The highest BCUT2D eigenvalue weighted by atomic mass is 35.5. The van der Waals surface area contributed by atoms with Crippen LogP contribution < -0.4 is 5.32 Å². The number of thioether (sulfide) groups is 1. The van der Waals surface area contributed by atoms with Crippen molar-refractivity contribution in [2.45, 2.75) is 37.1 Å². The van der Waals surface area contributed by atoms with Gasteiger partial charge >= 0.3 is 5.97 Å². The fourth-order valence-electron chi connectivity index (χ4n) is 1.74. The van der Waals surface area contributed by atoms with Crippen LogP contribution in [0, 0.1) is 0 Å². The van der Waals surface area contributed by atoms with Crippen LogP contribution in [0.3, 0.4) is 0 Å². The maximum atomic E-state index is 12.1. The Kier molecular flexibility index (Phi) is 6.88. The highest BCUT2D eigenvalue weighted by molar-refractivity contribution is 7.98. The number of carbonyl (C=O) groups is 2. The van der Waals surface area contributed by atoms with Gasteiger partial charge in [0.2, 0.25) is 0 Å². The molecule has 0 saturated heterocycles. The summed E-state index contributed by atoms with van der Waals surface area (Å²) in [6, 6.07) is 5.24. The molecule has 1 atom stereocenters. The monoisotopic (exact) mass is 315 g/mol. The zero-order valence-corrected chi connectivity index (χ0v) is 13.1. The third kappa shape index (κ3) is 5.43. The Hall–Kier alpha value is -1.20. The quantitative estimate of drug-likeness (QED) is 0.756. The molecule has 0 bridgehead atoms. The van der Waals surface area contributed by atoms with Crippen LogP contribution in [0.2, 0.25) is 5.02 Å². The minimum atomic E-state index is -0.820. The molecule has 6 heteroatoms. The van der Waals surface area contributed by atoms with Crippen LogP contribution in [-0.2, 0) is 4.79 Å². The van der Waals surface area contributed by atoms with Crippen LogP contribution in [-0.4, -0.2) is 29.3 Å². The van der Waals surface area contributed by atoms with Crippen molar-refractivity contribution >= 4 is 35.2 Å². The van der Waals surface area contributed by atoms with Crippen molar-refractivity contribution in [1.29, 1.82) is 0 Å². The van der Waals surface area contributed by atoms with Crippen molar-refractivity contribution in [2.24, 2.45) is 0 Å². The number of carboxylic acids is 1. The van der Waals surface area contributed by atoms with Crippen LogP contribution in [0.1, 0.15) is 36.5 Å². The minimum absolute atomic E-state index is 0.0872. The van der Waals surface area contributed by atoms with E-state index in [0.717, 1.165) is 4.90 Å². The molecule has 4 nitrogen and oxygen atoms in total. The van der Waals surface area contributed by atoms with Crippen molar-refractivity contribution < 1.29 is 14.7 Å². The molecule has 0 aliphatic heterocycles. The summed E-state index contributed by atoms with van der Waals surface area (Å²) in [4.78, 5) is 23.5. The van der Waals surface area contributed by atoms with Crippen LogP contribution in [0.5, 0.6) is 0 Å². The van der Waals surface area contributed by atoms with E-state index in [1.807, 2.05) is 19.2 Å². The first-order valence-corrected chi connectivity index (χ1v) is 7.90. The fourth-order valence-corrected chi connectivity index (χ4v) is 2.38. The number of hydrogen-bond donors (Lipinski definition) is 2. The summed E-state index contributed by atoms with van der Waals surface area (Å²) in [6.07, 6.45) is 3.20. The zero-order chi connectivity index (χ0) is 15.1. The van der Waals surface area contributed by atoms with Crippen molar-refractivity contribution in [1.82, 2.24) is 5.32 Å². The number of aliphatic carboxylic acids is 1. The Morgan fingerprint density at radius 3 is 2.75 bits per heavy atom. The molecule has 0 aliphatic rings. The second-order valence-electron chi connectivity index (χ2n) is 4.51. The lowest BCUT2D eigenvalue weighted by Crippen LogP contribution is -2.32. The van der Waals surface area contributed by atoms with E-state index in [1.165, 1.54) is 0 Å². The standard InChI is InChI=1S/C14H18ClNO3S/c1-9(4-3-5-13(17)18)16-14(19)11-8-10(20-2)6-7-12(11)15/h6-9H,3-5H2,1-2H3,(H,16,19)(H,17,18). The van der Waals surface area contributed by atoms with Gasteiger partial charge in [0.05, 0.1) is 10.6 Å². The average molecular weight is 316 g/mol. The normalized spacial score (nSPS) is 11.9. The summed E-state index contributed by atoms with van der Waals surface area (Å²) in [5.74, 6) is -1.05. The number of carbonyl (C=O) groups excluding carboxylic acids is 1. The van der Waals surface area contributed by atoms with Crippen LogP contribution in [0.25, 0.3) is 0 Å². The van der Waals surface area contributed by atoms with Crippen molar-refractivity contribution in [3.8, 4) is 0 Å². The van der Waals surface area contributed by atoms with Gasteiger partial charge in [0, 0.05) is 17.4 Å². The minimum Gasteiger partial charge on any atom is -0.481 e. The summed E-state index contributed by atoms with van der Waals surface area (Å²) in [6.45, 7) is 1.85. The molecular formula is C14H18ClNO3S. The first kappa shape index (κ1) is 16.9. The predicted molar refractivity (Wildman–Crippen MR) is 81.6 cm³/mol. The van der Waals surface area contributed by atoms with Gasteiger partial charge in [0.15, 0.2) is 0 Å². The van der Waals surface area contributed by atoms with Crippen molar-refractivity contribution in [3.05, 3.63) is 28.8 Å². The van der Waals surface area contributed by atoms with Gasteiger partial charge in [-0.05, 0) is 44.2 Å². The fraction of sp³-hybridized carbons (Fsp3) is 0.429. The lowest BCUT2D eigenvalue weighted by molar-refractivity contribution is -0.137. The predicted octanol–water partition coefficient (Wildman–Crippen LogP) is 3.44. The molecule has 1 rings (SSSR count). The Balaban J connectivity index is 2.59. The van der Waals surface area contributed by atoms with Gasteiger partial charge in [0.25, 0.3) is 5.91 Å². The first-order valence-electron chi connectivity index (χ1n) is 6.30. The number of halogens is 1. The number of benzene rings is 1. The summed E-state index contributed by atoms with van der Waals surface area (Å²) in [5.41, 5.74) is 0.448. The van der Waals surface area contributed by atoms with E-state index in [2.05, 4.69) is 5.32 Å². The highest BCUT2D eigenvalue weighted by Crippen LogP contribution is 2.23. The summed E-state index contributed by atoms with van der Waals surface area (Å²) < 4.78 is 0. The second kappa shape index (κ2) is 8.17.